The fourth-order valence-electron chi connectivity index (χ4n) is 3.65. The summed E-state index contributed by atoms with van der Waals surface area (Å²) in [6.07, 6.45) is 1.03. The summed E-state index contributed by atoms with van der Waals surface area (Å²) in [5.74, 6) is 0.852. The first-order valence-corrected chi connectivity index (χ1v) is 9.35. The molecule has 0 fully saturated rings. The van der Waals surface area contributed by atoms with Crippen molar-refractivity contribution in [2.24, 2.45) is 0 Å². The average Bonchev–Trinajstić information content (AvgIpc) is 2.61. The average molecular weight is 352 g/mol. The lowest BCUT2D eigenvalue weighted by molar-refractivity contribution is 0.0423. The van der Waals surface area contributed by atoms with E-state index in [-0.39, 0.29) is 18.1 Å². The molecule has 4 nitrogen and oxygen atoms in total. The van der Waals surface area contributed by atoms with E-state index in [2.05, 4.69) is 26.1 Å². The lowest BCUT2D eigenvalue weighted by Gasteiger charge is -2.49. The van der Waals surface area contributed by atoms with Gasteiger partial charge in [0.1, 0.15) is 11.4 Å². The summed E-state index contributed by atoms with van der Waals surface area (Å²) in [5.41, 5.74) is 1.84. The van der Waals surface area contributed by atoms with Crippen LogP contribution in [0, 0.1) is 0 Å². The number of carbonyl (C=O) groups excluding carboxylic acids is 1. The molecule has 2 unspecified atom stereocenters. The van der Waals surface area contributed by atoms with Crippen LogP contribution in [0.15, 0.2) is 48.5 Å². The highest BCUT2D eigenvalue weighted by atomic mass is 16.5. The minimum atomic E-state index is -0.691. The lowest BCUT2D eigenvalue weighted by atomic mass is 9.91. The minimum Gasteiger partial charge on any atom is -0.490 e. The van der Waals surface area contributed by atoms with Gasteiger partial charge in [0.15, 0.2) is 0 Å². The van der Waals surface area contributed by atoms with E-state index < -0.39 is 5.66 Å². The maximum absolute atomic E-state index is 13.3. The van der Waals surface area contributed by atoms with Crippen molar-refractivity contribution in [1.29, 1.82) is 0 Å². The Morgan fingerprint density at radius 3 is 2.42 bits per heavy atom. The zero-order valence-electron chi connectivity index (χ0n) is 16.2. The first kappa shape index (κ1) is 18.3. The Kier molecular flexibility index (Phi) is 4.94. The monoisotopic (exact) mass is 352 g/mol. The van der Waals surface area contributed by atoms with Crippen LogP contribution in [0.4, 0.5) is 5.69 Å². The normalized spacial score (nSPS) is 20.5. The van der Waals surface area contributed by atoms with Crippen molar-refractivity contribution in [3.63, 3.8) is 0 Å². The van der Waals surface area contributed by atoms with Crippen LogP contribution < -0.4 is 10.1 Å². The van der Waals surface area contributed by atoms with Crippen LogP contribution in [0.5, 0.6) is 5.75 Å². The van der Waals surface area contributed by atoms with Gasteiger partial charge in [-0.25, -0.2) is 0 Å². The number of ether oxygens (including phenoxy) is 1. The van der Waals surface area contributed by atoms with Gasteiger partial charge < -0.3 is 15.0 Å². The van der Waals surface area contributed by atoms with Gasteiger partial charge in [-0.05, 0) is 52.3 Å². The molecule has 0 aromatic heterocycles. The predicted octanol–water partition coefficient (Wildman–Crippen LogP) is 5.01. The fourth-order valence-corrected chi connectivity index (χ4v) is 3.65. The van der Waals surface area contributed by atoms with Crippen molar-refractivity contribution in [2.45, 2.75) is 58.8 Å². The molecule has 2 atom stereocenters. The van der Waals surface area contributed by atoms with Crippen LogP contribution in [0.3, 0.4) is 0 Å². The molecule has 0 aliphatic carbocycles. The highest BCUT2D eigenvalue weighted by Gasteiger charge is 2.45. The molecule has 26 heavy (non-hydrogen) atoms. The van der Waals surface area contributed by atoms with E-state index in [0.717, 1.165) is 23.4 Å². The molecule has 0 saturated heterocycles. The van der Waals surface area contributed by atoms with Crippen LogP contribution in [-0.2, 0) is 5.66 Å². The molecule has 1 amide bonds. The third-order valence-corrected chi connectivity index (χ3v) is 5.07. The molecule has 1 aliphatic heterocycles. The number of carbonyl (C=O) groups is 1. The first-order chi connectivity index (χ1) is 12.4. The maximum atomic E-state index is 13.3. The van der Waals surface area contributed by atoms with Gasteiger partial charge in [-0.2, -0.15) is 0 Å². The van der Waals surface area contributed by atoms with Crippen LogP contribution in [-0.4, -0.2) is 23.0 Å². The molecule has 0 bridgehead atoms. The van der Waals surface area contributed by atoms with E-state index >= 15 is 0 Å². The van der Waals surface area contributed by atoms with Gasteiger partial charge >= 0.3 is 0 Å². The number of amides is 1. The van der Waals surface area contributed by atoms with Crippen molar-refractivity contribution >= 4 is 11.6 Å². The molecule has 0 radical (unpaired) electrons. The van der Waals surface area contributed by atoms with Crippen molar-refractivity contribution in [3.05, 3.63) is 59.7 Å². The Morgan fingerprint density at radius 1 is 1.08 bits per heavy atom. The Bertz CT molecular complexity index is 802. The Hall–Kier alpha value is -2.49. The number of benzene rings is 2. The zero-order chi connectivity index (χ0) is 18.9. The Morgan fingerprint density at radius 2 is 1.73 bits per heavy atom. The molecule has 2 aromatic rings. The predicted molar refractivity (Wildman–Crippen MR) is 106 cm³/mol. The molecular weight excluding hydrogens is 324 g/mol. The third-order valence-electron chi connectivity index (χ3n) is 5.07. The standard InChI is InChI=1S/C22H28N2O2/c1-6-16(4)26-20-14-10-8-12-18(20)22(5)23-19-13-9-7-11-17(19)21(25)24(22)15(2)3/h7-16,23H,6H2,1-5H3. The smallest absolute Gasteiger partial charge is 0.258 e. The van der Waals surface area contributed by atoms with Gasteiger partial charge in [0.25, 0.3) is 5.91 Å². The van der Waals surface area contributed by atoms with Crippen LogP contribution in [0.25, 0.3) is 0 Å². The highest BCUT2D eigenvalue weighted by Crippen LogP contribution is 2.42. The number of para-hydroxylation sites is 2. The largest absolute Gasteiger partial charge is 0.490 e. The SMILES string of the molecule is CCC(C)Oc1ccccc1C1(C)Nc2ccccc2C(=O)N1C(C)C. The molecule has 1 N–H and O–H groups in total. The number of rotatable bonds is 5. The summed E-state index contributed by atoms with van der Waals surface area (Å²) in [6, 6.07) is 15.7. The number of anilines is 1. The summed E-state index contributed by atoms with van der Waals surface area (Å²) in [4.78, 5) is 15.2. The zero-order valence-corrected chi connectivity index (χ0v) is 16.2. The number of nitrogens with one attached hydrogen (secondary N) is 1. The van der Waals surface area contributed by atoms with Crippen molar-refractivity contribution in [1.82, 2.24) is 4.90 Å². The Labute approximate surface area is 156 Å². The summed E-state index contributed by atoms with van der Waals surface area (Å²) in [5, 5.41) is 3.61. The van der Waals surface area contributed by atoms with Crippen molar-refractivity contribution in [3.8, 4) is 5.75 Å². The summed E-state index contributed by atoms with van der Waals surface area (Å²) < 4.78 is 6.19. The van der Waals surface area contributed by atoms with E-state index in [0.29, 0.717) is 5.56 Å². The van der Waals surface area contributed by atoms with E-state index in [4.69, 9.17) is 4.74 Å². The fraction of sp³-hybridized carbons (Fsp3) is 0.409. The lowest BCUT2D eigenvalue weighted by Crippen LogP contribution is -2.58. The second-order valence-electron chi connectivity index (χ2n) is 7.34. The number of hydrogen-bond donors (Lipinski definition) is 1. The van der Waals surface area contributed by atoms with Gasteiger partial charge in [-0.1, -0.05) is 37.3 Å². The molecule has 0 saturated carbocycles. The third kappa shape index (κ3) is 3.05. The number of nitrogens with zero attached hydrogens (tertiary/aromatic N) is 1. The van der Waals surface area contributed by atoms with Gasteiger partial charge in [-0.3, -0.25) is 4.79 Å². The quantitative estimate of drug-likeness (QED) is 0.822. The van der Waals surface area contributed by atoms with E-state index in [9.17, 15) is 4.79 Å². The molecule has 0 spiro atoms. The highest BCUT2D eigenvalue weighted by molar-refractivity contribution is 6.02. The Balaban J connectivity index is 2.15. The first-order valence-electron chi connectivity index (χ1n) is 9.35. The molecule has 138 valence electrons. The van der Waals surface area contributed by atoms with Crippen molar-refractivity contribution < 1.29 is 9.53 Å². The van der Waals surface area contributed by atoms with Crippen LogP contribution >= 0.6 is 0 Å². The number of fused-ring (bicyclic) bond motifs is 1. The maximum Gasteiger partial charge on any atom is 0.258 e. The van der Waals surface area contributed by atoms with E-state index in [1.165, 1.54) is 0 Å². The van der Waals surface area contributed by atoms with Crippen LogP contribution in [0.2, 0.25) is 0 Å². The topological polar surface area (TPSA) is 41.6 Å². The minimum absolute atomic E-state index is 0.0324. The molecule has 2 aromatic carbocycles. The molecule has 3 rings (SSSR count). The summed E-state index contributed by atoms with van der Waals surface area (Å²) in [6.45, 7) is 10.3. The summed E-state index contributed by atoms with van der Waals surface area (Å²) >= 11 is 0. The molecular formula is C22H28N2O2. The van der Waals surface area contributed by atoms with Gasteiger partial charge in [-0.15, -0.1) is 0 Å². The van der Waals surface area contributed by atoms with Crippen molar-refractivity contribution in [2.75, 3.05) is 5.32 Å². The molecule has 1 aliphatic rings. The molecule has 4 heteroatoms. The second kappa shape index (κ2) is 7.02. The van der Waals surface area contributed by atoms with Gasteiger partial charge in [0.05, 0.1) is 11.7 Å². The van der Waals surface area contributed by atoms with E-state index in [1.54, 1.807) is 0 Å². The second-order valence-corrected chi connectivity index (χ2v) is 7.34. The number of hydrogen-bond acceptors (Lipinski definition) is 3. The van der Waals surface area contributed by atoms with Gasteiger partial charge in [0.2, 0.25) is 0 Å². The summed E-state index contributed by atoms with van der Waals surface area (Å²) in [7, 11) is 0. The van der Waals surface area contributed by atoms with Crippen LogP contribution in [0.1, 0.15) is 57.0 Å². The van der Waals surface area contributed by atoms with Gasteiger partial charge in [0, 0.05) is 17.3 Å². The molecule has 1 heterocycles. The van der Waals surface area contributed by atoms with E-state index in [1.807, 2.05) is 67.3 Å².